The minimum Gasteiger partial charge on any atom is -0.493 e. The van der Waals surface area contributed by atoms with Gasteiger partial charge in [-0.1, -0.05) is 124 Å². The molecule has 0 aliphatic heterocycles. The highest BCUT2D eigenvalue weighted by molar-refractivity contribution is 5.88. The predicted molar refractivity (Wildman–Crippen MR) is 145 cm³/mol. The van der Waals surface area contributed by atoms with Crippen molar-refractivity contribution in [1.29, 1.82) is 0 Å². The van der Waals surface area contributed by atoms with Crippen LogP contribution in [0.5, 0.6) is 11.5 Å². The van der Waals surface area contributed by atoms with Gasteiger partial charge >= 0.3 is 0 Å². The molecule has 0 atom stereocenters. The normalized spacial score (nSPS) is 11.2. The maximum absolute atomic E-state index is 6.05. The number of benzene rings is 4. The van der Waals surface area contributed by atoms with E-state index in [4.69, 9.17) is 9.47 Å². The first-order chi connectivity index (χ1) is 16.9. The maximum Gasteiger partial charge on any atom is 0.127 e. The van der Waals surface area contributed by atoms with Gasteiger partial charge in [0.2, 0.25) is 0 Å². The first kappa shape index (κ1) is 24.1. The Labute approximate surface area is 204 Å². The topological polar surface area (TPSA) is 18.5 Å². The Morgan fingerprint density at radius 1 is 0.353 bits per heavy atom. The van der Waals surface area contributed by atoms with Crippen molar-refractivity contribution in [1.82, 2.24) is 0 Å². The van der Waals surface area contributed by atoms with Gasteiger partial charge in [-0.05, 0) is 35.7 Å². The van der Waals surface area contributed by atoms with E-state index in [9.17, 15) is 0 Å². The van der Waals surface area contributed by atoms with Crippen molar-refractivity contribution in [2.24, 2.45) is 0 Å². The molecule has 0 N–H and O–H groups in total. The highest BCUT2D eigenvalue weighted by Crippen LogP contribution is 2.26. The average molecular weight is 455 g/mol. The van der Waals surface area contributed by atoms with E-state index < -0.39 is 0 Å². The van der Waals surface area contributed by atoms with Crippen molar-refractivity contribution in [3.05, 3.63) is 84.9 Å². The Morgan fingerprint density at radius 3 is 1.15 bits per heavy atom. The van der Waals surface area contributed by atoms with Crippen molar-refractivity contribution in [2.45, 2.75) is 64.2 Å². The third-order valence-corrected chi connectivity index (χ3v) is 6.55. The standard InChI is InChI=1S/C32H38O2/c1(3-5-7-13-25-33-31-23-15-19-27-17-9-11-21-29(27)31)2-4-6-8-14-26-34-32-24-16-20-28-18-10-12-22-30(28)32/h9-12,15-24H,1-8,13-14,25-26H2. The van der Waals surface area contributed by atoms with E-state index in [1.54, 1.807) is 0 Å². The van der Waals surface area contributed by atoms with Crippen molar-refractivity contribution < 1.29 is 9.47 Å². The lowest BCUT2D eigenvalue weighted by molar-refractivity contribution is 0.306. The summed E-state index contributed by atoms with van der Waals surface area (Å²) in [6.07, 6.45) is 12.8. The third-order valence-electron chi connectivity index (χ3n) is 6.55. The molecule has 0 radical (unpaired) electrons. The predicted octanol–water partition coefficient (Wildman–Crippen LogP) is 9.35. The minimum absolute atomic E-state index is 0.814. The molecular weight excluding hydrogens is 416 g/mol. The lowest BCUT2D eigenvalue weighted by atomic mass is 10.1. The van der Waals surface area contributed by atoms with Gasteiger partial charge in [0, 0.05) is 10.8 Å². The van der Waals surface area contributed by atoms with Crippen LogP contribution in [0.3, 0.4) is 0 Å². The Hall–Kier alpha value is -3.00. The third kappa shape index (κ3) is 7.25. The minimum atomic E-state index is 0.814. The van der Waals surface area contributed by atoms with E-state index in [0.717, 1.165) is 37.6 Å². The molecule has 0 aromatic heterocycles. The molecule has 0 heterocycles. The summed E-state index contributed by atoms with van der Waals surface area (Å²) < 4.78 is 12.1. The van der Waals surface area contributed by atoms with Gasteiger partial charge < -0.3 is 9.47 Å². The first-order valence-corrected chi connectivity index (χ1v) is 13.1. The average Bonchev–Trinajstić information content (AvgIpc) is 2.89. The second-order valence-electron chi connectivity index (χ2n) is 9.19. The van der Waals surface area contributed by atoms with Crippen LogP contribution in [0.2, 0.25) is 0 Å². The van der Waals surface area contributed by atoms with Crippen molar-refractivity contribution in [2.75, 3.05) is 13.2 Å². The molecule has 0 bridgehead atoms. The van der Waals surface area contributed by atoms with Gasteiger partial charge in [-0.3, -0.25) is 0 Å². The van der Waals surface area contributed by atoms with E-state index >= 15 is 0 Å². The van der Waals surface area contributed by atoms with Crippen LogP contribution in [0, 0.1) is 0 Å². The summed E-state index contributed by atoms with van der Waals surface area (Å²) >= 11 is 0. The smallest absolute Gasteiger partial charge is 0.127 e. The van der Waals surface area contributed by atoms with Gasteiger partial charge in [-0.2, -0.15) is 0 Å². The van der Waals surface area contributed by atoms with Crippen LogP contribution in [0.4, 0.5) is 0 Å². The van der Waals surface area contributed by atoms with E-state index in [1.807, 2.05) is 0 Å². The number of fused-ring (bicyclic) bond motifs is 2. The van der Waals surface area contributed by atoms with Crippen molar-refractivity contribution in [3.8, 4) is 11.5 Å². The van der Waals surface area contributed by atoms with Gasteiger partial charge in [0.25, 0.3) is 0 Å². The zero-order valence-electron chi connectivity index (χ0n) is 20.4. The van der Waals surface area contributed by atoms with Gasteiger partial charge in [-0.25, -0.2) is 0 Å². The molecule has 0 fully saturated rings. The molecule has 0 unspecified atom stereocenters. The van der Waals surface area contributed by atoms with Crippen LogP contribution in [0.1, 0.15) is 64.2 Å². The number of rotatable bonds is 15. The number of ether oxygens (including phenoxy) is 2. The van der Waals surface area contributed by atoms with Crippen LogP contribution in [-0.4, -0.2) is 13.2 Å². The Morgan fingerprint density at radius 2 is 0.706 bits per heavy atom. The molecule has 4 aromatic carbocycles. The molecule has 0 saturated carbocycles. The summed E-state index contributed by atoms with van der Waals surface area (Å²) in [6, 6.07) is 29.5. The molecule has 2 heteroatoms. The Balaban J connectivity index is 0.971. The van der Waals surface area contributed by atoms with Gasteiger partial charge in [-0.15, -0.1) is 0 Å². The Bertz CT molecular complexity index is 1030. The van der Waals surface area contributed by atoms with Gasteiger partial charge in [0.1, 0.15) is 11.5 Å². The highest BCUT2D eigenvalue weighted by atomic mass is 16.5. The number of hydrogen-bond acceptors (Lipinski definition) is 2. The maximum atomic E-state index is 6.05. The summed E-state index contributed by atoms with van der Waals surface area (Å²) in [5.41, 5.74) is 0. The molecule has 0 aliphatic rings. The lowest BCUT2D eigenvalue weighted by Gasteiger charge is -2.09. The van der Waals surface area contributed by atoms with E-state index in [0.29, 0.717) is 0 Å². The fourth-order valence-electron chi connectivity index (χ4n) is 4.63. The molecule has 34 heavy (non-hydrogen) atoms. The second-order valence-corrected chi connectivity index (χ2v) is 9.19. The monoisotopic (exact) mass is 454 g/mol. The van der Waals surface area contributed by atoms with Gasteiger partial charge in [0.05, 0.1) is 13.2 Å². The van der Waals surface area contributed by atoms with Crippen LogP contribution in [0.25, 0.3) is 21.5 Å². The zero-order valence-corrected chi connectivity index (χ0v) is 20.4. The molecule has 178 valence electrons. The molecule has 4 aromatic rings. The first-order valence-electron chi connectivity index (χ1n) is 13.1. The van der Waals surface area contributed by atoms with Crippen molar-refractivity contribution >= 4 is 21.5 Å². The van der Waals surface area contributed by atoms with E-state index in [1.165, 1.54) is 72.9 Å². The molecule has 2 nitrogen and oxygen atoms in total. The molecule has 0 spiro atoms. The highest BCUT2D eigenvalue weighted by Gasteiger charge is 2.02. The SMILES string of the molecule is c1ccc2c(OCCCCCCCCCCCCOc3cccc4ccccc34)cccc2c1. The van der Waals surface area contributed by atoms with E-state index in [-0.39, 0.29) is 0 Å². The summed E-state index contributed by atoms with van der Waals surface area (Å²) in [5.74, 6) is 2.03. The lowest BCUT2D eigenvalue weighted by Crippen LogP contribution is -1.98. The fraction of sp³-hybridized carbons (Fsp3) is 0.375. The number of hydrogen-bond donors (Lipinski definition) is 0. The zero-order chi connectivity index (χ0) is 23.3. The van der Waals surface area contributed by atoms with E-state index in [2.05, 4.69) is 84.9 Å². The number of unbranched alkanes of at least 4 members (excludes halogenated alkanes) is 9. The summed E-state index contributed by atoms with van der Waals surface area (Å²) in [6.45, 7) is 1.63. The Kier molecular flexibility index (Phi) is 9.69. The second kappa shape index (κ2) is 13.6. The summed E-state index contributed by atoms with van der Waals surface area (Å²) in [7, 11) is 0. The van der Waals surface area contributed by atoms with Crippen LogP contribution < -0.4 is 9.47 Å². The fourth-order valence-corrected chi connectivity index (χ4v) is 4.63. The molecule has 4 rings (SSSR count). The summed E-state index contributed by atoms with van der Waals surface area (Å²) in [5, 5.41) is 4.92. The molecular formula is C32H38O2. The van der Waals surface area contributed by atoms with Crippen LogP contribution in [-0.2, 0) is 0 Å². The van der Waals surface area contributed by atoms with Crippen molar-refractivity contribution in [3.63, 3.8) is 0 Å². The summed E-state index contributed by atoms with van der Waals surface area (Å²) in [4.78, 5) is 0. The van der Waals surface area contributed by atoms with Crippen LogP contribution in [0.15, 0.2) is 84.9 Å². The van der Waals surface area contributed by atoms with Crippen LogP contribution >= 0.6 is 0 Å². The molecule has 0 aliphatic carbocycles. The van der Waals surface area contributed by atoms with Gasteiger partial charge in [0.15, 0.2) is 0 Å². The molecule has 0 amide bonds. The molecule has 0 saturated heterocycles. The largest absolute Gasteiger partial charge is 0.493 e. The quantitative estimate of drug-likeness (QED) is 0.167.